The molecular weight excluding hydrogens is 244 g/mol. The van der Waals surface area contributed by atoms with E-state index in [1.54, 1.807) is 24.5 Å². The van der Waals surface area contributed by atoms with Crippen LogP contribution in [-0.2, 0) is 6.54 Å². The highest BCUT2D eigenvalue weighted by Crippen LogP contribution is 2.02. The second kappa shape index (κ2) is 6.34. The van der Waals surface area contributed by atoms with E-state index in [0.29, 0.717) is 24.7 Å². The summed E-state index contributed by atoms with van der Waals surface area (Å²) in [5.74, 6) is 0.993. The third kappa shape index (κ3) is 3.67. The first-order chi connectivity index (χ1) is 9.29. The Kier molecular flexibility index (Phi) is 4.28. The maximum atomic E-state index is 11.8. The molecule has 0 fully saturated rings. The minimum Gasteiger partial charge on any atom is -0.467 e. The number of hydrogen-bond donors (Lipinski definition) is 2. The van der Waals surface area contributed by atoms with Gasteiger partial charge in [-0.3, -0.25) is 4.79 Å². The molecule has 0 unspecified atom stereocenters. The molecule has 98 valence electrons. The van der Waals surface area contributed by atoms with E-state index in [9.17, 15) is 4.79 Å². The number of nitrogens with zero attached hydrogens (tertiary/aromatic N) is 2. The van der Waals surface area contributed by atoms with Crippen LogP contribution in [0.2, 0.25) is 0 Å². The molecule has 2 N–H and O–H groups in total. The number of carbonyl (C=O) groups is 1. The Hall–Kier alpha value is -2.63. The van der Waals surface area contributed by atoms with Crippen LogP contribution in [0, 0.1) is 0 Å². The van der Waals surface area contributed by atoms with Gasteiger partial charge in [-0.15, -0.1) is 6.58 Å². The number of rotatable bonds is 6. The molecule has 0 saturated heterocycles. The van der Waals surface area contributed by atoms with Gasteiger partial charge >= 0.3 is 0 Å². The van der Waals surface area contributed by atoms with Crippen molar-refractivity contribution in [2.24, 2.45) is 0 Å². The Morgan fingerprint density at radius 2 is 2.32 bits per heavy atom. The Morgan fingerprint density at radius 1 is 1.42 bits per heavy atom. The van der Waals surface area contributed by atoms with Crippen LogP contribution in [-0.4, -0.2) is 22.4 Å². The van der Waals surface area contributed by atoms with Crippen molar-refractivity contribution in [2.45, 2.75) is 6.54 Å². The molecule has 0 spiro atoms. The number of amides is 1. The van der Waals surface area contributed by atoms with Crippen LogP contribution in [0.1, 0.15) is 16.2 Å². The first-order valence-electron chi connectivity index (χ1n) is 5.77. The van der Waals surface area contributed by atoms with Crippen molar-refractivity contribution in [3.8, 4) is 0 Å². The van der Waals surface area contributed by atoms with Crippen LogP contribution in [0.5, 0.6) is 0 Å². The zero-order chi connectivity index (χ0) is 13.5. The summed E-state index contributed by atoms with van der Waals surface area (Å²) >= 11 is 0. The van der Waals surface area contributed by atoms with E-state index < -0.39 is 0 Å². The monoisotopic (exact) mass is 258 g/mol. The van der Waals surface area contributed by atoms with Crippen LogP contribution in [0.4, 0.5) is 5.82 Å². The molecule has 0 bridgehead atoms. The molecule has 2 aromatic rings. The number of nitrogens with one attached hydrogen (secondary N) is 2. The van der Waals surface area contributed by atoms with Crippen molar-refractivity contribution in [3.63, 3.8) is 0 Å². The summed E-state index contributed by atoms with van der Waals surface area (Å²) in [5, 5.41) is 5.67. The molecule has 19 heavy (non-hydrogen) atoms. The summed E-state index contributed by atoms with van der Waals surface area (Å²) in [7, 11) is 0. The van der Waals surface area contributed by atoms with Gasteiger partial charge in [0.05, 0.1) is 25.2 Å². The van der Waals surface area contributed by atoms with E-state index in [2.05, 4.69) is 27.2 Å². The van der Waals surface area contributed by atoms with Crippen molar-refractivity contribution < 1.29 is 9.21 Å². The maximum absolute atomic E-state index is 11.8. The molecule has 0 aliphatic heterocycles. The Bertz CT molecular complexity index is 534. The number of aromatic nitrogens is 2. The van der Waals surface area contributed by atoms with Gasteiger partial charge in [0.25, 0.3) is 5.91 Å². The summed E-state index contributed by atoms with van der Waals surface area (Å²) in [6, 6.07) is 3.55. The Labute approximate surface area is 110 Å². The van der Waals surface area contributed by atoms with E-state index in [1.807, 2.05) is 0 Å². The molecule has 6 nitrogen and oxygen atoms in total. The molecule has 0 saturated carbocycles. The smallest absolute Gasteiger partial charge is 0.271 e. The second-order valence-corrected chi connectivity index (χ2v) is 3.72. The molecule has 1 amide bonds. The first kappa shape index (κ1) is 12.8. The average molecular weight is 258 g/mol. The SMILES string of the molecule is C=CCNc1cnc(C(=O)NCc2ccco2)cn1. The van der Waals surface area contributed by atoms with Crippen LogP contribution in [0.25, 0.3) is 0 Å². The molecule has 2 rings (SSSR count). The molecule has 0 aliphatic carbocycles. The fourth-order valence-electron chi connectivity index (χ4n) is 1.38. The van der Waals surface area contributed by atoms with Crippen molar-refractivity contribution in [1.29, 1.82) is 0 Å². The molecule has 0 radical (unpaired) electrons. The molecule has 2 aromatic heterocycles. The molecule has 2 heterocycles. The highest BCUT2D eigenvalue weighted by Gasteiger charge is 2.08. The fourth-order valence-corrected chi connectivity index (χ4v) is 1.38. The third-order valence-electron chi connectivity index (χ3n) is 2.32. The van der Waals surface area contributed by atoms with E-state index >= 15 is 0 Å². The van der Waals surface area contributed by atoms with Gasteiger partial charge in [-0.05, 0) is 12.1 Å². The van der Waals surface area contributed by atoms with Gasteiger partial charge in [-0.25, -0.2) is 9.97 Å². The van der Waals surface area contributed by atoms with Crippen LogP contribution < -0.4 is 10.6 Å². The van der Waals surface area contributed by atoms with Gasteiger partial charge in [0.2, 0.25) is 0 Å². The van der Waals surface area contributed by atoms with Crippen LogP contribution in [0.15, 0.2) is 47.9 Å². The summed E-state index contributed by atoms with van der Waals surface area (Å²) in [6.07, 6.45) is 6.20. The van der Waals surface area contributed by atoms with Crippen LogP contribution in [0.3, 0.4) is 0 Å². The molecular formula is C13H14N4O2. The summed E-state index contributed by atoms with van der Waals surface area (Å²) < 4.78 is 5.11. The van der Waals surface area contributed by atoms with E-state index in [4.69, 9.17) is 4.42 Å². The minimum absolute atomic E-state index is 0.260. The fraction of sp³-hybridized carbons (Fsp3) is 0.154. The maximum Gasteiger partial charge on any atom is 0.271 e. The summed E-state index contributed by atoms with van der Waals surface area (Å²) in [4.78, 5) is 19.9. The quantitative estimate of drug-likeness (QED) is 0.769. The lowest BCUT2D eigenvalue weighted by Crippen LogP contribution is -2.23. The van der Waals surface area contributed by atoms with Gasteiger partial charge in [0.1, 0.15) is 17.3 Å². The third-order valence-corrected chi connectivity index (χ3v) is 2.32. The van der Waals surface area contributed by atoms with Gasteiger partial charge in [-0.1, -0.05) is 6.08 Å². The average Bonchev–Trinajstić information content (AvgIpc) is 2.96. The standard InChI is InChI=1S/C13H14N4O2/c1-2-5-14-12-9-15-11(8-16-12)13(18)17-7-10-4-3-6-19-10/h2-4,6,8-9H,1,5,7H2,(H,14,16)(H,17,18). The normalized spacial score (nSPS) is 9.89. The zero-order valence-corrected chi connectivity index (χ0v) is 10.3. The van der Waals surface area contributed by atoms with Crippen molar-refractivity contribution in [1.82, 2.24) is 15.3 Å². The molecule has 0 atom stereocenters. The van der Waals surface area contributed by atoms with Gasteiger partial charge < -0.3 is 15.1 Å². The van der Waals surface area contributed by atoms with Crippen molar-refractivity contribution >= 4 is 11.7 Å². The van der Waals surface area contributed by atoms with E-state index in [1.165, 1.54) is 12.4 Å². The highest BCUT2D eigenvalue weighted by atomic mass is 16.3. The first-order valence-corrected chi connectivity index (χ1v) is 5.77. The lowest BCUT2D eigenvalue weighted by Gasteiger charge is -2.04. The number of anilines is 1. The predicted molar refractivity (Wildman–Crippen MR) is 70.6 cm³/mol. The number of furan rings is 1. The molecule has 6 heteroatoms. The lowest BCUT2D eigenvalue weighted by atomic mass is 10.4. The minimum atomic E-state index is -0.292. The second-order valence-electron chi connectivity index (χ2n) is 3.72. The van der Waals surface area contributed by atoms with Crippen molar-refractivity contribution in [3.05, 3.63) is 54.9 Å². The molecule has 0 aliphatic rings. The Balaban J connectivity index is 1.90. The summed E-state index contributed by atoms with van der Waals surface area (Å²) in [6.45, 7) is 4.51. The number of carbonyl (C=O) groups excluding carboxylic acids is 1. The van der Waals surface area contributed by atoms with E-state index in [0.717, 1.165) is 0 Å². The highest BCUT2D eigenvalue weighted by molar-refractivity contribution is 5.91. The summed E-state index contributed by atoms with van der Waals surface area (Å²) in [5.41, 5.74) is 0.260. The largest absolute Gasteiger partial charge is 0.467 e. The van der Waals surface area contributed by atoms with Gasteiger partial charge in [-0.2, -0.15) is 0 Å². The topological polar surface area (TPSA) is 80.0 Å². The van der Waals surface area contributed by atoms with Crippen molar-refractivity contribution in [2.75, 3.05) is 11.9 Å². The van der Waals surface area contributed by atoms with E-state index in [-0.39, 0.29) is 11.6 Å². The Morgan fingerprint density at radius 3 is 2.95 bits per heavy atom. The van der Waals surface area contributed by atoms with Crippen LogP contribution >= 0.6 is 0 Å². The number of hydrogen-bond acceptors (Lipinski definition) is 5. The lowest BCUT2D eigenvalue weighted by molar-refractivity contribution is 0.0942. The zero-order valence-electron chi connectivity index (χ0n) is 10.3. The predicted octanol–water partition coefficient (Wildman–Crippen LogP) is 1.60. The molecule has 0 aromatic carbocycles. The van der Waals surface area contributed by atoms with Gasteiger partial charge in [0.15, 0.2) is 0 Å². The van der Waals surface area contributed by atoms with Gasteiger partial charge in [0, 0.05) is 6.54 Å².